The lowest BCUT2D eigenvalue weighted by Gasteiger charge is -2.09. The molecule has 0 aliphatic heterocycles. The lowest BCUT2D eigenvalue weighted by molar-refractivity contribution is 1.27. The van der Waals surface area contributed by atoms with E-state index in [9.17, 15) is 0 Å². The van der Waals surface area contributed by atoms with Gasteiger partial charge in [0.15, 0.2) is 0 Å². The second-order valence-electron chi connectivity index (χ2n) is 2.03. The number of fused-ring (bicyclic) bond motifs is 1. The molecule has 0 saturated carbocycles. The van der Waals surface area contributed by atoms with Crippen molar-refractivity contribution in [3.05, 3.63) is 23.5 Å². The fraction of sp³-hybridized carbons (Fsp3) is 0. The van der Waals surface area contributed by atoms with Gasteiger partial charge >= 0.3 is 0 Å². The molecule has 2 nitrogen and oxygen atoms in total. The van der Waals surface area contributed by atoms with E-state index in [1.165, 1.54) is 0 Å². The first-order chi connectivity index (χ1) is 4.38. The molecule has 0 spiro atoms. The molecule has 1 aromatic rings. The van der Waals surface area contributed by atoms with Gasteiger partial charge in [0.25, 0.3) is 0 Å². The van der Waals surface area contributed by atoms with Gasteiger partial charge in [0.2, 0.25) is 0 Å². The molecule has 1 aromatic heterocycles. The van der Waals surface area contributed by atoms with Gasteiger partial charge in [-0.2, -0.15) is 0 Å². The van der Waals surface area contributed by atoms with Crippen molar-refractivity contribution in [3.63, 3.8) is 0 Å². The van der Waals surface area contributed by atoms with Gasteiger partial charge in [0.05, 0.1) is 5.69 Å². The summed E-state index contributed by atoms with van der Waals surface area (Å²) < 4.78 is 0. The van der Waals surface area contributed by atoms with Crippen molar-refractivity contribution in [2.45, 2.75) is 0 Å². The molecule has 0 bridgehead atoms. The second kappa shape index (κ2) is 1.35. The normalized spacial score (nSPS) is 12.4. The number of aromatic nitrogens is 1. The third-order valence-electron chi connectivity index (χ3n) is 1.46. The van der Waals surface area contributed by atoms with E-state index in [4.69, 9.17) is 5.73 Å². The standard InChI is InChI=1S/C7H6N2/c8-6-3-4-9-7-2-1-5(6)7/h1-4H,(H2,8,9). The largest absolute Gasteiger partial charge is 0.398 e. The van der Waals surface area contributed by atoms with Gasteiger partial charge in [-0.25, -0.2) is 0 Å². The number of nitrogens with two attached hydrogens (primary N) is 1. The lowest BCUT2D eigenvalue weighted by Crippen LogP contribution is -1.98. The monoisotopic (exact) mass is 118 g/mol. The summed E-state index contributed by atoms with van der Waals surface area (Å²) in [5.41, 5.74) is 8.49. The zero-order valence-electron chi connectivity index (χ0n) is 4.83. The second-order valence-corrected chi connectivity index (χ2v) is 2.03. The Morgan fingerprint density at radius 1 is 1.33 bits per heavy atom. The van der Waals surface area contributed by atoms with E-state index in [-0.39, 0.29) is 0 Å². The molecule has 2 rings (SSSR count). The van der Waals surface area contributed by atoms with Crippen LogP contribution in [0, 0.1) is 0 Å². The molecule has 44 valence electrons. The fourth-order valence-corrected chi connectivity index (χ4v) is 0.886. The van der Waals surface area contributed by atoms with Crippen molar-refractivity contribution in [3.8, 4) is 0 Å². The highest BCUT2D eigenvalue weighted by Gasteiger charge is 2.07. The summed E-state index contributed by atoms with van der Waals surface area (Å²) in [5.74, 6) is 0. The average Bonchev–Trinajstić information content (AvgIpc) is 1.74. The summed E-state index contributed by atoms with van der Waals surface area (Å²) in [6, 6.07) is 1.81. The highest BCUT2D eigenvalue weighted by Crippen LogP contribution is 2.25. The average molecular weight is 118 g/mol. The molecule has 1 aliphatic carbocycles. The number of rotatable bonds is 0. The maximum absolute atomic E-state index is 5.58. The van der Waals surface area contributed by atoms with Crippen molar-refractivity contribution in [1.29, 1.82) is 0 Å². The Labute approximate surface area is 53.0 Å². The minimum Gasteiger partial charge on any atom is -0.398 e. The molecule has 1 heterocycles. The van der Waals surface area contributed by atoms with E-state index in [1.807, 2.05) is 18.2 Å². The van der Waals surface area contributed by atoms with Gasteiger partial charge in [-0.1, -0.05) is 0 Å². The van der Waals surface area contributed by atoms with E-state index >= 15 is 0 Å². The molecule has 0 radical (unpaired) electrons. The molecule has 9 heavy (non-hydrogen) atoms. The van der Waals surface area contributed by atoms with Crippen LogP contribution in [0.5, 0.6) is 0 Å². The van der Waals surface area contributed by atoms with Gasteiger partial charge in [-0.15, -0.1) is 0 Å². The van der Waals surface area contributed by atoms with Crippen LogP contribution in [0.4, 0.5) is 5.69 Å². The predicted octanol–water partition coefficient (Wildman–Crippen LogP) is 1.15. The number of anilines is 1. The van der Waals surface area contributed by atoms with E-state index in [1.54, 1.807) is 6.20 Å². The van der Waals surface area contributed by atoms with Gasteiger partial charge < -0.3 is 5.73 Å². The smallest absolute Gasteiger partial charge is 0.0722 e. The number of nitrogens with zero attached hydrogens (tertiary/aromatic N) is 1. The summed E-state index contributed by atoms with van der Waals surface area (Å²) in [6.45, 7) is 0. The maximum atomic E-state index is 5.58. The Morgan fingerprint density at radius 2 is 2.22 bits per heavy atom. The number of nitrogen functional groups attached to an aromatic ring is 1. The van der Waals surface area contributed by atoms with Gasteiger partial charge in [-0.3, -0.25) is 4.98 Å². The molecule has 1 aliphatic rings. The molecule has 0 unspecified atom stereocenters. The first-order valence-electron chi connectivity index (χ1n) is 2.80. The SMILES string of the molecule is Nc1ccnc2c1C=C2. The third kappa shape index (κ3) is 0.470. The molecule has 0 amide bonds. The summed E-state index contributed by atoms with van der Waals surface area (Å²) in [6.07, 6.45) is 5.64. The summed E-state index contributed by atoms with van der Waals surface area (Å²) >= 11 is 0. The highest BCUT2D eigenvalue weighted by atomic mass is 14.7. The zero-order valence-corrected chi connectivity index (χ0v) is 4.83. The molecule has 0 fully saturated rings. The Bertz CT molecular complexity index is 276. The van der Waals surface area contributed by atoms with Crippen LogP contribution in [0.2, 0.25) is 0 Å². The van der Waals surface area contributed by atoms with Crippen molar-refractivity contribution >= 4 is 17.8 Å². The van der Waals surface area contributed by atoms with Crippen LogP contribution in [0.1, 0.15) is 11.3 Å². The van der Waals surface area contributed by atoms with Crippen molar-refractivity contribution in [2.24, 2.45) is 0 Å². The Morgan fingerprint density at radius 3 is 2.67 bits per heavy atom. The Kier molecular flexibility index (Phi) is 0.681. The van der Waals surface area contributed by atoms with E-state index in [0.717, 1.165) is 16.9 Å². The highest BCUT2D eigenvalue weighted by molar-refractivity contribution is 5.89. The third-order valence-corrected chi connectivity index (χ3v) is 1.46. The van der Waals surface area contributed by atoms with E-state index in [2.05, 4.69) is 4.98 Å². The molecule has 0 atom stereocenters. The quantitative estimate of drug-likeness (QED) is 0.563. The van der Waals surface area contributed by atoms with Crippen molar-refractivity contribution in [1.82, 2.24) is 4.98 Å². The minimum absolute atomic E-state index is 0.822. The molecule has 0 aromatic carbocycles. The number of pyridine rings is 1. The minimum atomic E-state index is 0.822. The summed E-state index contributed by atoms with van der Waals surface area (Å²) in [7, 11) is 0. The molecular weight excluding hydrogens is 112 g/mol. The van der Waals surface area contributed by atoms with E-state index in [0.29, 0.717) is 0 Å². The number of hydrogen-bond acceptors (Lipinski definition) is 2. The Balaban J connectivity index is 2.70. The Hall–Kier alpha value is -1.31. The summed E-state index contributed by atoms with van der Waals surface area (Å²) in [4.78, 5) is 4.06. The van der Waals surface area contributed by atoms with Crippen molar-refractivity contribution < 1.29 is 0 Å². The van der Waals surface area contributed by atoms with Crippen LogP contribution in [0.25, 0.3) is 12.2 Å². The summed E-state index contributed by atoms with van der Waals surface area (Å²) in [5, 5.41) is 0. The van der Waals surface area contributed by atoms with E-state index < -0.39 is 0 Å². The maximum Gasteiger partial charge on any atom is 0.0722 e. The predicted molar refractivity (Wildman–Crippen MR) is 37.6 cm³/mol. The number of hydrogen-bond donors (Lipinski definition) is 1. The van der Waals surface area contributed by atoms with Crippen LogP contribution < -0.4 is 5.73 Å². The molecule has 2 N–H and O–H groups in total. The lowest BCUT2D eigenvalue weighted by atomic mass is 10.0. The molecule has 0 saturated heterocycles. The molecule has 2 heteroatoms. The van der Waals surface area contributed by atoms with Crippen LogP contribution >= 0.6 is 0 Å². The van der Waals surface area contributed by atoms with Gasteiger partial charge in [0, 0.05) is 17.4 Å². The van der Waals surface area contributed by atoms with Crippen LogP contribution in [-0.2, 0) is 0 Å². The van der Waals surface area contributed by atoms with Crippen LogP contribution in [0.15, 0.2) is 12.3 Å². The van der Waals surface area contributed by atoms with Crippen LogP contribution in [0.3, 0.4) is 0 Å². The first-order valence-corrected chi connectivity index (χ1v) is 2.80. The molecular formula is C7H6N2. The van der Waals surface area contributed by atoms with Gasteiger partial charge in [0.1, 0.15) is 0 Å². The van der Waals surface area contributed by atoms with Crippen LogP contribution in [-0.4, -0.2) is 4.98 Å². The first kappa shape index (κ1) is 4.56. The fourth-order valence-electron chi connectivity index (χ4n) is 0.886. The zero-order chi connectivity index (χ0) is 6.27. The van der Waals surface area contributed by atoms with Crippen molar-refractivity contribution in [2.75, 3.05) is 5.73 Å². The topological polar surface area (TPSA) is 38.9 Å². The van der Waals surface area contributed by atoms with Gasteiger partial charge in [-0.05, 0) is 18.2 Å².